The van der Waals surface area contributed by atoms with Crippen molar-refractivity contribution < 1.29 is 37.4 Å². The molecule has 2 saturated carbocycles. The van der Waals surface area contributed by atoms with Gasteiger partial charge >= 0.3 is 11.9 Å². The van der Waals surface area contributed by atoms with Crippen LogP contribution in [-0.4, -0.2) is 22.2 Å². The maximum atomic E-state index is 13.1. The number of hydrogen-bond donors (Lipinski definition) is 2. The van der Waals surface area contributed by atoms with Crippen LogP contribution in [-0.2, 0) is 9.59 Å². The molecule has 0 amide bonds. The monoisotopic (exact) mass is 396 g/mol. The van der Waals surface area contributed by atoms with Crippen molar-refractivity contribution in [3.05, 3.63) is 70.8 Å². The van der Waals surface area contributed by atoms with Gasteiger partial charge in [-0.1, -0.05) is 12.1 Å². The molecular weight excluding hydrogens is 380 g/mol. The Morgan fingerprint density at radius 1 is 0.714 bits per heavy atom. The van der Waals surface area contributed by atoms with Gasteiger partial charge in [0.2, 0.25) is 0 Å². The van der Waals surface area contributed by atoms with Crippen LogP contribution in [0, 0.1) is 35.1 Å². The summed E-state index contributed by atoms with van der Waals surface area (Å²) in [6, 6.07) is 6.50. The summed E-state index contributed by atoms with van der Waals surface area (Å²) in [5.74, 6) is -6.00. The summed E-state index contributed by atoms with van der Waals surface area (Å²) < 4.78 is 51.4. The van der Waals surface area contributed by atoms with Gasteiger partial charge in [0.05, 0.1) is 11.8 Å². The second kappa shape index (κ2) is 7.61. The molecule has 0 spiro atoms. The standard InChI is InChI=1S/2C10H8F2O2/c2*11-5-1-2-6(9(12)3-5)7-4-8(7)10(13)14/h2*1-3,7-8H,4H2,(H,13,14). The summed E-state index contributed by atoms with van der Waals surface area (Å²) >= 11 is 0. The van der Waals surface area contributed by atoms with Gasteiger partial charge in [0.15, 0.2) is 0 Å². The molecule has 2 aromatic carbocycles. The van der Waals surface area contributed by atoms with Gasteiger partial charge < -0.3 is 10.2 Å². The van der Waals surface area contributed by atoms with Crippen molar-refractivity contribution in [1.82, 2.24) is 0 Å². The minimum Gasteiger partial charge on any atom is -0.481 e. The highest BCUT2D eigenvalue weighted by Crippen LogP contribution is 2.49. The first-order valence-electron chi connectivity index (χ1n) is 8.54. The van der Waals surface area contributed by atoms with Crippen molar-refractivity contribution in [2.24, 2.45) is 11.8 Å². The Balaban J connectivity index is 0.000000161. The molecule has 0 saturated heterocycles. The predicted molar refractivity (Wildman–Crippen MR) is 89.7 cm³/mol. The first-order valence-corrected chi connectivity index (χ1v) is 8.54. The van der Waals surface area contributed by atoms with Crippen LogP contribution in [0.15, 0.2) is 36.4 Å². The van der Waals surface area contributed by atoms with Crippen LogP contribution >= 0.6 is 0 Å². The van der Waals surface area contributed by atoms with Crippen molar-refractivity contribution in [3.8, 4) is 0 Å². The number of carbonyl (C=O) groups is 2. The zero-order valence-corrected chi connectivity index (χ0v) is 14.4. The van der Waals surface area contributed by atoms with Crippen molar-refractivity contribution >= 4 is 11.9 Å². The van der Waals surface area contributed by atoms with Crippen LogP contribution in [0.3, 0.4) is 0 Å². The van der Waals surface area contributed by atoms with Crippen LogP contribution in [0.1, 0.15) is 35.8 Å². The first-order chi connectivity index (χ1) is 13.2. The van der Waals surface area contributed by atoms with Crippen LogP contribution in [0.2, 0.25) is 0 Å². The zero-order chi connectivity index (χ0) is 20.6. The molecular formula is C20H16F4O4. The fraction of sp³-hybridized carbons (Fsp3) is 0.300. The average Bonchev–Trinajstić information content (AvgIpc) is 3.49. The lowest BCUT2D eigenvalue weighted by atomic mass is 10.1. The smallest absolute Gasteiger partial charge is 0.307 e. The molecule has 28 heavy (non-hydrogen) atoms. The second-order valence-electron chi connectivity index (χ2n) is 6.91. The summed E-state index contributed by atoms with van der Waals surface area (Å²) in [7, 11) is 0. The highest BCUT2D eigenvalue weighted by Gasteiger charge is 2.46. The van der Waals surface area contributed by atoms with E-state index in [1.807, 2.05) is 0 Å². The summed E-state index contributed by atoms with van der Waals surface area (Å²) in [5, 5.41) is 17.3. The Kier molecular flexibility index (Phi) is 5.40. The van der Waals surface area contributed by atoms with Gasteiger partial charge in [-0.05, 0) is 36.1 Å². The summed E-state index contributed by atoms with van der Waals surface area (Å²) in [4.78, 5) is 21.1. The molecule has 2 aromatic rings. The van der Waals surface area contributed by atoms with Crippen LogP contribution in [0.5, 0.6) is 0 Å². The summed E-state index contributed by atoms with van der Waals surface area (Å²) in [6.07, 6.45) is 0.885. The lowest BCUT2D eigenvalue weighted by Crippen LogP contribution is -2.00. The number of hydrogen-bond acceptors (Lipinski definition) is 2. The Hall–Kier alpha value is -2.90. The van der Waals surface area contributed by atoms with E-state index in [-0.39, 0.29) is 11.8 Å². The molecule has 4 unspecified atom stereocenters. The lowest BCUT2D eigenvalue weighted by Gasteiger charge is -2.00. The molecule has 2 N–H and O–H groups in total. The van der Waals surface area contributed by atoms with Gasteiger partial charge in [0, 0.05) is 24.0 Å². The van der Waals surface area contributed by atoms with Gasteiger partial charge in [-0.25, -0.2) is 17.6 Å². The van der Waals surface area contributed by atoms with E-state index >= 15 is 0 Å². The van der Waals surface area contributed by atoms with Crippen molar-refractivity contribution in [3.63, 3.8) is 0 Å². The SMILES string of the molecule is O=C(O)C1CC1c1ccc(F)cc1F.O=C(O)C1CC1c1ccc(F)cc1F. The van der Waals surface area contributed by atoms with Crippen molar-refractivity contribution in [1.29, 1.82) is 0 Å². The second-order valence-corrected chi connectivity index (χ2v) is 6.91. The Labute approximate surface area is 157 Å². The van der Waals surface area contributed by atoms with Crippen molar-refractivity contribution in [2.45, 2.75) is 24.7 Å². The van der Waals surface area contributed by atoms with E-state index in [0.29, 0.717) is 24.0 Å². The maximum absolute atomic E-state index is 13.1. The number of aliphatic carboxylic acids is 2. The number of halogens is 4. The van der Waals surface area contributed by atoms with E-state index in [2.05, 4.69) is 0 Å². The van der Waals surface area contributed by atoms with Gasteiger partial charge in [0.1, 0.15) is 23.3 Å². The summed E-state index contributed by atoms with van der Waals surface area (Å²) in [6.45, 7) is 0. The molecule has 2 fully saturated rings. The third-order valence-electron chi connectivity index (χ3n) is 4.94. The normalized spacial score (nSPS) is 24.7. The van der Waals surface area contributed by atoms with Crippen molar-refractivity contribution in [2.75, 3.05) is 0 Å². The van der Waals surface area contributed by atoms with Gasteiger partial charge in [0.25, 0.3) is 0 Å². The van der Waals surface area contributed by atoms with E-state index in [0.717, 1.165) is 24.3 Å². The van der Waals surface area contributed by atoms with Crippen LogP contribution < -0.4 is 0 Å². The molecule has 2 aliphatic carbocycles. The van der Waals surface area contributed by atoms with Gasteiger partial charge in [-0.15, -0.1) is 0 Å². The molecule has 0 radical (unpaired) electrons. The molecule has 8 heteroatoms. The average molecular weight is 396 g/mol. The quantitative estimate of drug-likeness (QED) is 0.756. The Morgan fingerprint density at radius 2 is 1.07 bits per heavy atom. The number of carboxylic acid groups (broad SMARTS) is 2. The minimum atomic E-state index is -0.918. The maximum Gasteiger partial charge on any atom is 0.307 e. The van der Waals surface area contributed by atoms with Gasteiger partial charge in [-0.2, -0.15) is 0 Å². The molecule has 4 rings (SSSR count). The Bertz CT molecular complexity index is 855. The molecule has 0 heterocycles. The third kappa shape index (κ3) is 4.32. The van der Waals surface area contributed by atoms with E-state index in [4.69, 9.17) is 10.2 Å². The predicted octanol–water partition coefficient (Wildman–Crippen LogP) is 4.31. The van der Waals surface area contributed by atoms with E-state index in [1.165, 1.54) is 12.1 Å². The van der Waals surface area contributed by atoms with Gasteiger partial charge in [-0.3, -0.25) is 9.59 Å². The number of benzene rings is 2. The molecule has 4 nitrogen and oxygen atoms in total. The molecule has 4 atom stereocenters. The Morgan fingerprint density at radius 3 is 1.32 bits per heavy atom. The first kappa shape index (κ1) is 19.9. The third-order valence-corrected chi connectivity index (χ3v) is 4.94. The van der Waals surface area contributed by atoms with E-state index in [9.17, 15) is 27.2 Å². The topological polar surface area (TPSA) is 74.6 Å². The van der Waals surface area contributed by atoms with E-state index < -0.39 is 47.0 Å². The fourth-order valence-corrected chi connectivity index (χ4v) is 3.23. The molecule has 0 aliphatic heterocycles. The minimum absolute atomic E-state index is 0.284. The fourth-order valence-electron chi connectivity index (χ4n) is 3.23. The lowest BCUT2D eigenvalue weighted by molar-refractivity contribution is -0.139. The molecule has 2 aliphatic rings. The molecule has 0 aromatic heterocycles. The number of carboxylic acids is 2. The summed E-state index contributed by atoms with van der Waals surface area (Å²) in [5.41, 5.74) is 0.609. The molecule has 0 bridgehead atoms. The zero-order valence-electron chi connectivity index (χ0n) is 14.4. The highest BCUT2D eigenvalue weighted by molar-refractivity contribution is 5.75. The van der Waals surface area contributed by atoms with Crippen LogP contribution in [0.25, 0.3) is 0 Å². The number of rotatable bonds is 4. The van der Waals surface area contributed by atoms with Crippen LogP contribution in [0.4, 0.5) is 17.6 Å². The molecule has 148 valence electrons. The largest absolute Gasteiger partial charge is 0.481 e. The highest BCUT2D eigenvalue weighted by atomic mass is 19.1. The van der Waals surface area contributed by atoms with E-state index in [1.54, 1.807) is 0 Å².